The highest BCUT2D eigenvalue weighted by Gasteiger charge is 2.13. The summed E-state index contributed by atoms with van der Waals surface area (Å²) < 4.78 is 1.28. The molecule has 0 fully saturated rings. The molecule has 2 rings (SSSR count). The zero-order valence-electron chi connectivity index (χ0n) is 9.55. The van der Waals surface area contributed by atoms with Gasteiger partial charge in [-0.05, 0) is 6.07 Å². The second kappa shape index (κ2) is 5.12. The highest BCUT2D eigenvalue weighted by molar-refractivity contribution is 5.92. The molecule has 0 atom stereocenters. The van der Waals surface area contributed by atoms with E-state index < -0.39 is 10.8 Å². The second-order valence-corrected chi connectivity index (χ2v) is 3.61. The number of anilines is 1. The SMILES string of the molecule is O=C(Cn1ccnn1)Nc1cc([N+](=O)[O-])ccc1O. The van der Waals surface area contributed by atoms with Crippen molar-refractivity contribution in [3.63, 3.8) is 0 Å². The molecule has 0 saturated carbocycles. The van der Waals surface area contributed by atoms with Gasteiger partial charge in [0.05, 0.1) is 16.8 Å². The van der Waals surface area contributed by atoms with Crippen LogP contribution in [0.25, 0.3) is 0 Å². The molecule has 1 aromatic heterocycles. The number of non-ortho nitro benzene ring substituents is 1. The number of phenols is 1. The van der Waals surface area contributed by atoms with E-state index in [-0.39, 0.29) is 23.7 Å². The molecule has 1 aromatic carbocycles. The summed E-state index contributed by atoms with van der Waals surface area (Å²) in [5.74, 6) is -0.737. The molecule has 19 heavy (non-hydrogen) atoms. The summed E-state index contributed by atoms with van der Waals surface area (Å²) in [7, 11) is 0. The molecule has 9 nitrogen and oxygen atoms in total. The third-order valence-electron chi connectivity index (χ3n) is 2.24. The summed E-state index contributed by atoms with van der Waals surface area (Å²) >= 11 is 0. The van der Waals surface area contributed by atoms with Crippen LogP contribution < -0.4 is 5.32 Å². The number of carbonyl (C=O) groups excluding carboxylic acids is 1. The maximum Gasteiger partial charge on any atom is 0.271 e. The fourth-order valence-corrected chi connectivity index (χ4v) is 1.39. The van der Waals surface area contributed by atoms with Crippen LogP contribution in [-0.2, 0) is 11.3 Å². The van der Waals surface area contributed by atoms with Gasteiger partial charge in [0.25, 0.3) is 5.69 Å². The average molecular weight is 263 g/mol. The molecule has 0 spiro atoms. The third kappa shape index (κ3) is 3.03. The van der Waals surface area contributed by atoms with Gasteiger partial charge in [0.2, 0.25) is 5.91 Å². The van der Waals surface area contributed by atoms with E-state index in [0.29, 0.717) is 0 Å². The number of rotatable bonds is 4. The maximum atomic E-state index is 11.6. The number of hydrogen-bond acceptors (Lipinski definition) is 6. The third-order valence-corrected chi connectivity index (χ3v) is 2.24. The van der Waals surface area contributed by atoms with Crippen LogP contribution in [0.4, 0.5) is 11.4 Å². The van der Waals surface area contributed by atoms with Gasteiger partial charge in [0.15, 0.2) is 0 Å². The predicted molar refractivity (Wildman–Crippen MR) is 63.4 cm³/mol. The summed E-state index contributed by atoms with van der Waals surface area (Å²) in [4.78, 5) is 21.6. The van der Waals surface area contributed by atoms with Crippen LogP contribution in [0.3, 0.4) is 0 Å². The summed E-state index contributed by atoms with van der Waals surface area (Å²) in [6.07, 6.45) is 2.91. The van der Waals surface area contributed by atoms with Gasteiger partial charge in [-0.15, -0.1) is 5.10 Å². The average Bonchev–Trinajstić information content (AvgIpc) is 2.84. The van der Waals surface area contributed by atoms with Crippen molar-refractivity contribution in [1.29, 1.82) is 0 Å². The molecular formula is C10H9N5O4. The number of benzene rings is 1. The Morgan fingerprint density at radius 1 is 1.53 bits per heavy atom. The summed E-state index contributed by atoms with van der Waals surface area (Å²) in [6, 6.07) is 3.36. The molecule has 0 radical (unpaired) electrons. The number of amides is 1. The first kappa shape index (κ1) is 12.5. The van der Waals surface area contributed by atoms with E-state index >= 15 is 0 Å². The lowest BCUT2D eigenvalue weighted by Crippen LogP contribution is -2.19. The standard InChI is InChI=1S/C10H9N5O4/c16-9-2-1-7(15(18)19)5-8(9)12-10(17)6-14-4-3-11-13-14/h1-5,16H,6H2,(H,12,17). The Labute approximate surface area is 106 Å². The molecule has 2 N–H and O–H groups in total. The zero-order valence-corrected chi connectivity index (χ0v) is 9.55. The lowest BCUT2D eigenvalue weighted by molar-refractivity contribution is -0.384. The normalized spacial score (nSPS) is 10.1. The van der Waals surface area contributed by atoms with Crippen molar-refractivity contribution < 1.29 is 14.8 Å². The van der Waals surface area contributed by atoms with Crippen LogP contribution in [0.15, 0.2) is 30.6 Å². The number of hydrogen-bond donors (Lipinski definition) is 2. The van der Waals surface area contributed by atoms with Crippen molar-refractivity contribution >= 4 is 17.3 Å². The van der Waals surface area contributed by atoms with E-state index in [1.165, 1.54) is 17.1 Å². The summed E-state index contributed by atoms with van der Waals surface area (Å²) in [5.41, 5.74) is -0.256. The number of aromatic nitrogens is 3. The number of carbonyl (C=O) groups is 1. The van der Waals surface area contributed by atoms with Crippen LogP contribution in [0.1, 0.15) is 0 Å². The van der Waals surface area contributed by atoms with Gasteiger partial charge in [-0.1, -0.05) is 5.21 Å². The largest absolute Gasteiger partial charge is 0.506 e. The number of phenolic OH excluding ortho intramolecular Hbond substituents is 1. The predicted octanol–water partition coefficient (Wildman–Crippen LogP) is 0.531. The van der Waals surface area contributed by atoms with E-state index in [1.54, 1.807) is 0 Å². The zero-order chi connectivity index (χ0) is 13.8. The van der Waals surface area contributed by atoms with Gasteiger partial charge in [-0.25, -0.2) is 4.68 Å². The number of nitrogens with zero attached hydrogens (tertiary/aromatic N) is 4. The van der Waals surface area contributed by atoms with E-state index in [9.17, 15) is 20.0 Å². The number of nitro benzene ring substituents is 1. The van der Waals surface area contributed by atoms with Crippen molar-refractivity contribution in [3.8, 4) is 5.75 Å². The summed E-state index contributed by atoms with van der Waals surface area (Å²) in [6.45, 7) is -0.109. The van der Waals surface area contributed by atoms with E-state index in [0.717, 1.165) is 18.2 Å². The van der Waals surface area contributed by atoms with Crippen molar-refractivity contribution in [2.75, 3.05) is 5.32 Å². The lowest BCUT2D eigenvalue weighted by atomic mass is 10.2. The van der Waals surface area contributed by atoms with Gasteiger partial charge < -0.3 is 10.4 Å². The highest BCUT2D eigenvalue weighted by Crippen LogP contribution is 2.27. The van der Waals surface area contributed by atoms with Crippen molar-refractivity contribution in [2.24, 2.45) is 0 Å². The Balaban J connectivity index is 2.11. The topological polar surface area (TPSA) is 123 Å². The van der Waals surface area contributed by atoms with E-state index in [2.05, 4.69) is 15.6 Å². The molecule has 0 unspecified atom stereocenters. The Hall–Kier alpha value is -2.97. The molecule has 0 aliphatic carbocycles. The van der Waals surface area contributed by atoms with Crippen molar-refractivity contribution in [2.45, 2.75) is 6.54 Å². The molecule has 0 saturated heterocycles. The second-order valence-electron chi connectivity index (χ2n) is 3.61. The first-order chi connectivity index (χ1) is 9.06. The molecule has 0 bridgehead atoms. The van der Waals surface area contributed by atoms with Gasteiger partial charge in [0, 0.05) is 18.3 Å². The number of nitro groups is 1. The first-order valence-corrected chi connectivity index (χ1v) is 5.17. The smallest absolute Gasteiger partial charge is 0.271 e. The van der Waals surface area contributed by atoms with E-state index in [4.69, 9.17) is 0 Å². The monoisotopic (exact) mass is 263 g/mol. The van der Waals surface area contributed by atoms with Crippen LogP contribution >= 0.6 is 0 Å². The number of nitrogens with one attached hydrogen (secondary N) is 1. The fourth-order valence-electron chi connectivity index (χ4n) is 1.39. The molecule has 0 aliphatic heterocycles. The van der Waals surface area contributed by atoms with Crippen LogP contribution in [0.5, 0.6) is 5.75 Å². The molecule has 1 heterocycles. The van der Waals surface area contributed by atoms with Gasteiger partial charge in [0.1, 0.15) is 12.3 Å². The van der Waals surface area contributed by atoms with Gasteiger partial charge in [-0.3, -0.25) is 14.9 Å². The Morgan fingerprint density at radius 3 is 2.95 bits per heavy atom. The van der Waals surface area contributed by atoms with E-state index in [1.807, 2.05) is 0 Å². The van der Waals surface area contributed by atoms with Crippen molar-refractivity contribution in [3.05, 3.63) is 40.7 Å². The van der Waals surface area contributed by atoms with Gasteiger partial charge in [-0.2, -0.15) is 0 Å². The fraction of sp³-hybridized carbons (Fsp3) is 0.100. The molecule has 0 aliphatic rings. The lowest BCUT2D eigenvalue weighted by Gasteiger charge is -2.06. The molecule has 98 valence electrons. The minimum atomic E-state index is -0.619. The molecule has 2 aromatic rings. The minimum Gasteiger partial charge on any atom is -0.506 e. The molecule has 9 heteroatoms. The van der Waals surface area contributed by atoms with Crippen molar-refractivity contribution in [1.82, 2.24) is 15.0 Å². The Morgan fingerprint density at radius 2 is 2.32 bits per heavy atom. The quantitative estimate of drug-likeness (QED) is 0.471. The Bertz CT molecular complexity index is 610. The van der Waals surface area contributed by atoms with Crippen LogP contribution in [0.2, 0.25) is 0 Å². The maximum absolute atomic E-state index is 11.6. The number of aromatic hydroxyl groups is 1. The molecule has 1 amide bonds. The minimum absolute atomic E-state index is 0.0284. The molecular weight excluding hydrogens is 254 g/mol. The van der Waals surface area contributed by atoms with Crippen LogP contribution in [-0.4, -0.2) is 30.9 Å². The first-order valence-electron chi connectivity index (χ1n) is 5.17. The Kier molecular flexibility index (Phi) is 3.37. The van der Waals surface area contributed by atoms with Crippen LogP contribution in [0, 0.1) is 10.1 Å². The van der Waals surface area contributed by atoms with Gasteiger partial charge >= 0.3 is 0 Å². The summed E-state index contributed by atoms with van der Waals surface area (Å²) in [5, 5.41) is 29.6. The highest BCUT2D eigenvalue weighted by atomic mass is 16.6.